The van der Waals surface area contributed by atoms with E-state index in [9.17, 15) is 14.9 Å². The van der Waals surface area contributed by atoms with Crippen LogP contribution in [0.5, 0.6) is 5.75 Å². The lowest BCUT2D eigenvalue weighted by atomic mass is 10.3. The van der Waals surface area contributed by atoms with Crippen molar-refractivity contribution in [2.75, 3.05) is 6.61 Å². The predicted octanol–water partition coefficient (Wildman–Crippen LogP) is 1.93. The van der Waals surface area contributed by atoms with Gasteiger partial charge in [-0.15, -0.1) is 0 Å². The Labute approximate surface area is 98.3 Å². The molecule has 0 heterocycles. The maximum absolute atomic E-state index is 10.7. The van der Waals surface area contributed by atoms with Crippen molar-refractivity contribution in [3.05, 3.63) is 34.4 Å². The number of esters is 1. The van der Waals surface area contributed by atoms with E-state index in [2.05, 4.69) is 0 Å². The van der Waals surface area contributed by atoms with Gasteiger partial charge < -0.3 is 9.47 Å². The molecular formula is C11H13NO5. The highest BCUT2D eigenvalue weighted by Gasteiger charge is 2.15. The SMILES string of the molecule is CC(=O)OC(C)COc1ccccc1[N+](=O)[O-]. The molecule has 1 unspecified atom stereocenters. The van der Waals surface area contributed by atoms with Crippen molar-refractivity contribution in [2.45, 2.75) is 20.0 Å². The second-order valence-corrected chi connectivity index (χ2v) is 3.46. The number of nitrogens with zero attached hydrogens (tertiary/aromatic N) is 1. The minimum absolute atomic E-state index is 0.0738. The quantitative estimate of drug-likeness (QED) is 0.445. The molecule has 0 N–H and O–H groups in total. The standard InChI is InChI=1S/C11H13NO5/c1-8(17-9(2)13)7-16-11-6-4-3-5-10(11)12(14)15/h3-6,8H,7H2,1-2H3. The van der Waals surface area contributed by atoms with Crippen LogP contribution < -0.4 is 4.74 Å². The van der Waals surface area contributed by atoms with Crippen LogP contribution >= 0.6 is 0 Å². The Bertz CT molecular complexity index is 418. The Balaban J connectivity index is 2.63. The van der Waals surface area contributed by atoms with E-state index in [-0.39, 0.29) is 18.0 Å². The second-order valence-electron chi connectivity index (χ2n) is 3.46. The van der Waals surface area contributed by atoms with Gasteiger partial charge in [-0.2, -0.15) is 0 Å². The summed E-state index contributed by atoms with van der Waals surface area (Å²) in [4.78, 5) is 20.8. The third kappa shape index (κ3) is 4.10. The zero-order valence-corrected chi connectivity index (χ0v) is 9.58. The third-order valence-corrected chi connectivity index (χ3v) is 1.90. The smallest absolute Gasteiger partial charge is 0.310 e. The van der Waals surface area contributed by atoms with Gasteiger partial charge in [-0.3, -0.25) is 14.9 Å². The van der Waals surface area contributed by atoms with E-state index in [1.807, 2.05) is 0 Å². The van der Waals surface area contributed by atoms with E-state index in [4.69, 9.17) is 9.47 Å². The topological polar surface area (TPSA) is 78.7 Å². The van der Waals surface area contributed by atoms with Crippen LogP contribution in [0.3, 0.4) is 0 Å². The first kappa shape index (κ1) is 13.0. The summed E-state index contributed by atoms with van der Waals surface area (Å²) < 4.78 is 10.1. The Morgan fingerprint density at radius 1 is 1.47 bits per heavy atom. The largest absolute Gasteiger partial charge is 0.483 e. The van der Waals surface area contributed by atoms with Gasteiger partial charge in [0.15, 0.2) is 5.75 Å². The normalized spacial score (nSPS) is 11.6. The number of nitro groups is 1. The van der Waals surface area contributed by atoms with Gasteiger partial charge in [0.2, 0.25) is 0 Å². The van der Waals surface area contributed by atoms with Gasteiger partial charge in [-0.25, -0.2) is 0 Å². The molecule has 6 nitrogen and oxygen atoms in total. The highest BCUT2D eigenvalue weighted by molar-refractivity contribution is 5.66. The summed E-state index contributed by atoms with van der Waals surface area (Å²) >= 11 is 0. The summed E-state index contributed by atoms with van der Waals surface area (Å²) in [6.07, 6.45) is -0.452. The van der Waals surface area contributed by atoms with Crippen LogP contribution in [0.25, 0.3) is 0 Å². The number of carbonyl (C=O) groups excluding carboxylic acids is 1. The molecule has 0 amide bonds. The molecule has 6 heteroatoms. The number of carbonyl (C=O) groups is 1. The fraction of sp³-hybridized carbons (Fsp3) is 0.364. The molecule has 1 atom stereocenters. The fourth-order valence-electron chi connectivity index (χ4n) is 1.25. The van der Waals surface area contributed by atoms with Crippen LogP contribution in [-0.2, 0) is 9.53 Å². The molecule has 1 aromatic rings. The first-order valence-corrected chi connectivity index (χ1v) is 5.04. The monoisotopic (exact) mass is 239 g/mol. The van der Waals surface area contributed by atoms with Crippen LogP contribution in [0.4, 0.5) is 5.69 Å². The fourth-order valence-corrected chi connectivity index (χ4v) is 1.25. The molecular weight excluding hydrogens is 226 g/mol. The van der Waals surface area contributed by atoms with Gasteiger partial charge in [0.25, 0.3) is 0 Å². The van der Waals surface area contributed by atoms with Gasteiger partial charge in [0, 0.05) is 13.0 Å². The van der Waals surface area contributed by atoms with E-state index >= 15 is 0 Å². The third-order valence-electron chi connectivity index (χ3n) is 1.90. The minimum Gasteiger partial charge on any atom is -0.483 e. The number of benzene rings is 1. The molecule has 0 radical (unpaired) electrons. The molecule has 0 aliphatic heterocycles. The van der Waals surface area contributed by atoms with Gasteiger partial charge in [0.1, 0.15) is 12.7 Å². The van der Waals surface area contributed by atoms with Gasteiger partial charge in [0.05, 0.1) is 4.92 Å². The molecule has 0 aliphatic carbocycles. The van der Waals surface area contributed by atoms with Crippen molar-refractivity contribution in [3.8, 4) is 5.75 Å². The number of ether oxygens (including phenoxy) is 2. The lowest BCUT2D eigenvalue weighted by Gasteiger charge is -2.12. The van der Waals surface area contributed by atoms with Crippen molar-refractivity contribution >= 4 is 11.7 Å². The number of hydrogen-bond acceptors (Lipinski definition) is 5. The van der Waals surface area contributed by atoms with Gasteiger partial charge in [-0.05, 0) is 13.0 Å². The summed E-state index contributed by atoms with van der Waals surface area (Å²) in [6, 6.07) is 6.05. The second kappa shape index (κ2) is 5.83. The highest BCUT2D eigenvalue weighted by atomic mass is 16.6. The highest BCUT2D eigenvalue weighted by Crippen LogP contribution is 2.25. The first-order chi connectivity index (χ1) is 8.00. The van der Waals surface area contributed by atoms with E-state index in [0.29, 0.717) is 0 Å². The Morgan fingerprint density at radius 2 is 2.12 bits per heavy atom. The van der Waals surface area contributed by atoms with E-state index < -0.39 is 17.0 Å². The van der Waals surface area contributed by atoms with Crippen molar-refractivity contribution < 1.29 is 19.2 Å². The lowest BCUT2D eigenvalue weighted by molar-refractivity contribution is -0.385. The minimum atomic E-state index is -0.522. The lowest BCUT2D eigenvalue weighted by Crippen LogP contribution is -2.20. The van der Waals surface area contributed by atoms with Crippen molar-refractivity contribution in [1.82, 2.24) is 0 Å². The van der Waals surface area contributed by atoms with Crippen LogP contribution in [0.15, 0.2) is 24.3 Å². The van der Waals surface area contributed by atoms with E-state index in [1.54, 1.807) is 19.1 Å². The first-order valence-electron chi connectivity index (χ1n) is 5.04. The summed E-state index contributed by atoms with van der Waals surface area (Å²) in [5, 5.41) is 10.7. The Kier molecular flexibility index (Phi) is 4.45. The Hall–Kier alpha value is -2.11. The molecule has 0 bridgehead atoms. The zero-order valence-electron chi connectivity index (χ0n) is 9.58. The molecule has 0 saturated carbocycles. The molecule has 1 aromatic carbocycles. The maximum Gasteiger partial charge on any atom is 0.310 e. The average molecular weight is 239 g/mol. The number of nitro benzene ring substituents is 1. The van der Waals surface area contributed by atoms with Crippen LogP contribution in [0.2, 0.25) is 0 Å². The van der Waals surface area contributed by atoms with Gasteiger partial charge >= 0.3 is 11.7 Å². The summed E-state index contributed by atoms with van der Waals surface area (Å²) in [7, 11) is 0. The van der Waals surface area contributed by atoms with Gasteiger partial charge in [-0.1, -0.05) is 12.1 Å². The molecule has 0 spiro atoms. The Morgan fingerprint density at radius 3 is 2.71 bits per heavy atom. The number of para-hydroxylation sites is 2. The molecule has 0 saturated heterocycles. The molecule has 92 valence electrons. The van der Waals surface area contributed by atoms with Crippen LogP contribution in [-0.4, -0.2) is 23.6 Å². The average Bonchev–Trinajstić information content (AvgIpc) is 2.25. The molecule has 0 aliphatic rings. The zero-order chi connectivity index (χ0) is 12.8. The summed E-state index contributed by atoms with van der Waals surface area (Å²) in [5.41, 5.74) is -0.109. The van der Waals surface area contributed by atoms with Crippen molar-refractivity contribution in [2.24, 2.45) is 0 Å². The summed E-state index contributed by atoms with van der Waals surface area (Å²) in [6.45, 7) is 3.02. The molecule has 17 heavy (non-hydrogen) atoms. The molecule has 1 rings (SSSR count). The van der Waals surface area contributed by atoms with E-state index in [1.165, 1.54) is 19.1 Å². The van der Waals surface area contributed by atoms with Crippen molar-refractivity contribution in [1.29, 1.82) is 0 Å². The van der Waals surface area contributed by atoms with E-state index in [0.717, 1.165) is 0 Å². The van der Waals surface area contributed by atoms with Crippen LogP contribution in [0, 0.1) is 10.1 Å². The van der Waals surface area contributed by atoms with Crippen molar-refractivity contribution in [3.63, 3.8) is 0 Å². The molecule has 0 fully saturated rings. The maximum atomic E-state index is 10.7. The van der Waals surface area contributed by atoms with Crippen LogP contribution in [0.1, 0.15) is 13.8 Å². The molecule has 0 aromatic heterocycles. The number of rotatable bonds is 5. The summed E-state index contributed by atoms with van der Waals surface area (Å²) in [5.74, 6) is -0.250. The number of hydrogen-bond donors (Lipinski definition) is 0. The predicted molar refractivity (Wildman–Crippen MR) is 59.8 cm³/mol.